The van der Waals surface area contributed by atoms with Gasteiger partial charge in [-0.05, 0) is 24.7 Å². The molecule has 0 spiro atoms. The van der Waals surface area contributed by atoms with E-state index in [-0.39, 0.29) is 6.04 Å². The van der Waals surface area contributed by atoms with Gasteiger partial charge in [-0.3, -0.25) is 0 Å². The van der Waals surface area contributed by atoms with Gasteiger partial charge in [0.25, 0.3) is 0 Å². The molecule has 0 fully saturated rings. The quantitative estimate of drug-likeness (QED) is 0.695. The lowest BCUT2D eigenvalue weighted by atomic mass is 9.87. The van der Waals surface area contributed by atoms with Crippen molar-refractivity contribution in [2.24, 2.45) is 11.3 Å². The van der Waals surface area contributed by atoms with Crippen LogP contribution in [-0.4, -0.2) is 29.2 Å². The Morgan fingerprint density at radius 2 is 1.68 bits per heavy atom. The highest BCUT2D eigenvalue weighted by Crippen LogP contribution is 2.19. The summed E-state index contributed by atoms with van der Waals surface area (Å²) >= 11 is 0. The van der Waals surface area contributed by atoms with Crippen molar-refractivity contribution in [2.75, 3.05) is 0 Å². The largest absolute Gasteiger partial charge is 0.480 e. The number of aliphatic carboxylic acids is 1. The van der Waals surface area contributed by atoms with Gasteiger partial charge in [0, 0.05) is 6.04 Å². The summed E-state index contributed by atoms with van der Waals surface area (Å²) in [5.41, 5.74) is -0.525. The van der Waals surface area contributed by atoms with Crippen LogP contribution in [0.15, 0.2) is 0 Å². The first kappa shape index (κ1) is 17.7. The highest BCUT2D eigenvalue weighted by molar-refractivity contribution is 5.83. The molecule has 0 rings (SSSR count). The molecule has 0 saturated heterocycles. The summed E-state index contributed by atoms with van der Waals surface area (Å²) in [6, 6.07) is -1.29. The lowest BCUT2D eigenvalue weighted by Gasteiger charge is -2.28. The van der Waals surface area contributed by atoms with Crippen LogP contribution in [0.1, 0.15) is 54.4 Å². The molecule has 2 amide bonds. The molecule has 0 aliphatic rings. The van der Waals surface area contributed by atoms with Crippen molar-refractivity contribution in [1.82, 2.24) is 10.6 Å². The fraction of sp³-hybridized carbons (Fsp3) is 0.857. The fourth-order valence-corrected chi connectivity index (χ4v) is 1.87. The van der Waals surface area contributed by atoms with Gasteiger partial charge >= 0.3 is 12.0 Å². The third kappa shape index (κ3) is 7.03. The van der Waals surface area contributed by atoms with Crippen molar-refractivity contribution in [2.45, 2.75) is 66.5 Å². The van der Waals surface area contributed by atoms with Gasteiger partial charge < -0.3 is 15.7 Å². The number of nitrogens with one attached hydrogen (secondary N) is 2. The van der Waals surface area contributed by atoms with E-state index >= 15 is 0 Å². The fourth-order valence-electron chi connectivity index (χ4n) is 1.87. The van der Waals surface area contributed by atoms with E-state index in [9.17, 15) is 9.59 Å². The molecule has 0 aromatic carbocycles. The Hall–Kier alpha value is -1.26. The van der Waals surface area contributed by atoms with Gasteiger partial charge in [0.05, 0.1) is 0 Å². The van der Waals surface area contributed by atoms with E-state index < -0.39 is 23.5 Å². The molecule has 19 heavy (non-hydrogen) atoms. The molecule has 3 atom stereocenters. The molecule has 2 unspecified atom stereocenters. The number of hydrogen-bond donors (Lipinski definition) is 3. The second-order valence-corrected chi connectivity index (χ2v) is 6.41. The number of carbonyl (C=O) groups excluding carboxylic acids is 1. The molecular weight excluding hydrogens is 244 g/mol. The van der Waals surface area contributed by atoms with Gasteiger partial charge in [-0.1, -0.05) is 41.0 Å². The zero-order chi connectivity index (χ0) is 15.2. The van der Waals surface area contributed by atoms with Crippen LogP contribution in [-0.2, 0) is 4.79 Å². The monoisotopic (exact) mass is 272 g/mol. The maximum Gasteiger partial charge on any atom is 0.326 e. The molecule has 0 aliphatic carbocycles. The van der Waals surface area contributed by atoms with Crippen LogP contribution >= 0.6 is 0 Å². The van der Waals surface area contributed by atoms with Crippen LogP contribution in [0.4, 0.5) is 4.79 Å². The summed E-state index contributed by atoms with van der Waals surface area (Å²) in [7, 11) is 0. The second-order valence-electron chi connectivity index (χ2n) is 6.41. The van der Waals surface area contributed by atoms with Crippen LogP contribution in [0.2, 0.25) is 0 Å². The summed E-state index contributed by atoms with van der Waals surface area (Å²) in [6.07, 6.45) is 1.95. The Bertz CT molecular complexity index is 310. The minimum absolute atomic E-state index is 0.0318. The number of urea groups is 1. The van der Waals surface area contributed by atoms with Gasteiger partial charge in [-0.15, -0.1) is 0 Å². The van der Waals surface area contributed by atoms with E-state index in [1.165, 1.54) is 0 Å². The summed E-state index contributed by atoms with van der Waals surface area (Å²) in [5.74, 6) is -0.481. The van der Waals surface area contributed by atoms with Gasteiger partial charge in [-0.25, -0.2) is 9.59 Å². The number of amides is 2. The number of carboxylic acids is 1. The first-order valence-electron chi connectivity index (χ1n) is 6.87. The number of rotatable bonds is 6. The number of carboxylic acid groups (broad SMARTS) is 1. The predicted molar refractivity (Wildman–Crippen MR) is 76.1 cm³/mol. The van der Waals surface area contributed by atoms with Crippen molar-refractivity contribution >= 4 is 12.0 Å². The molecule has 0 saturated carbocycles. The van der Waals surface area contributed by atoms with Crippen LogP contribution in [0.25, 0.3) is 0 Å². The van der Waals surface area contributed by atoms with Gasteiger partial charge in [0.2, 0.25) is 0 Å². The molecule has 5 heteroatoms. The van der Waals surface area contributed by atoms with Crippen LogP contribution in [0, 0.1) is 11.3 Å². The SMILES string of the molecule is CCC(C)CC(C)NC(=O)N[C@@H](C(=O)O)C(C)(C)C. The zero-order valence-electron chi connectivity index (χ0n) is 12.9. The van der Waals surface area contributed by atoms with Crippen molar-refractivity contribution in [1.29, 1.82) is 0 Å². The molecule has 112 valence electrons. The molecular formula is C14H28N2O3. The summed E-state index contributed by atoms with van der Waals surface area (Å²) in [6.45, 7) is 11.5. The molecule has 0 aromatic heterocycles. The minimum Gasteiger partial charge on any atom is -0.480 e. The predicted octanol–water partition coefficient (Wildman–Crippen LogP) is 2.61. The van der Waals surface area contributed by atoms with E-state index in [1.54, 1.807) is 20.8 Å². The zero-order valence-corrected chi connectivity index (χ0v) is 12.9. The van der Waals surface area contributed by atoms with Crippen molar-refractivity contribution in [3.8, 4) is 0 Å². The first-order valence-corrected chi connectivity index (χ1v) is 6.87. The Morgan fingerprint density at radius 1 is 1.16 bits per heavy atom. The maximum absolute atomic E-state index is 11.8. The standard InChI is InChI=1S/C14H28N2O3/c1-7-9(2)8-10(3)15-13(19)16-11(12(17)18)14(4,5)6/h9-11H,7-8H2,1-6H3,(H,17,18)(H2,15,16,19)/t9?,10?,11-/m0/s1. The van der Waals surface area contributed by atoms with Gasteiger partial charge in [0.15, 0.2) is 0 Å². The van der Waals surface area contributed by atoms with Crippen molar-refractivity contribution < 1.29 is 14.7 Å². The van der Waals surface area contributed by atoms with E-state index in [0.29, 0.717) is 5.92 Å². The second kappa shape index (κ2) is 7.36. The summed E-state index contributed by atoms with van der Waals surface area (Å²) < 4.78 is 0. The lowest BCUT2D eigenvalue weighted by molar-refractivity contribution is -0.141. The first-order chi connectivity index (χ1) is 8.57. The third-order valence-corrected chi connectivity index (χ3v) is 3.22. The number of hydrogen-bond acceptors (Lipinski definition) is 2. The van der Waals surface area contributed by atoms with Crippen LogP contribution in [0.3, 0.4) is 0 Å². The van der Waals surface area contributed by atoms with Crippen molar-refractivity contribution in [3.05, 3.63) is 0 Å². The Balaban J connectivity index is 4.40. The molecule has 0 radical (unpaired) electrons. The average Bonchev–Trinajstić information content (AvgIpc) is 2.23. The topological polar surface area (TPSA) is 78.4 Å². The Labute approximate surface area is 116 Å². The normalized spacial score (nSPS) is 16.3. The highest BCUT2D eigenvalue weighted by atomic mass is 16.4. The molecule has 0 heterocycles. The molecule has 0 aliphatic heterocycles. The Kier molecular flexibility index (Phi) is 6.87. The van der Waals surface area contributed by atoms with Crippen LogP contribution in [0.5, 0.6) is 0 Å². The van der Waals surface area contributed by atoms with E-state index in [0.717, 1.165) is 12.8 Å². The lowest BCUT2D eigenvalue weighted by Crippen LogP contribution is -2.53. The molecule has 3 N–H and O–H groups in total. The minimum atomic E-state index is -1.02. The molecule has 0 aromatic rings. The van der Waals surface area contributed by atoms with Crippen LogP contribution < -0.4 is 10.6 Å². The molecule has 0 bridgehead atoms. The average molecular weight is 272 g/mol. The maximum atomic E-state index is 11.8. The summed E-state index contributed by atoms with van der Waals surface area (Å²) in [4.78, 5) is 22.9. The molecule has 5 nitrogen and oxygen atoms in total. The third-order valence-electron chi connectivity index (χ3n) is 3.22. The van der Waals surface area contributed by atoms with E-state index in [4.69, 9.17) is 5.11 Å². The smallest absolute Gasteiger partial charge is 0.326 e. The van der Waals surface area contributed by atoms with E-state index in [2.05, 4.69) is 24.5 Å². The summed E-state index contributed by atoms with van der Waals surface area (Å²) in [5, 5.41) is 14.5. The highest BCUT2D eigenvalue weighted by Gasteiger charge is 2.32. The van der Waals surface area contributed by atoms with Crippen molar-refractivity contribution in [3.63, 3.8) is 0 Å². The van der Waals surface area contributed by atoms with E-state index in [1.807, 2.05) is 6.92 Å². The van der Waals surface area contributed by atoms with Gasteiger partial charge in [0.1, 0.15) is 6.04 Å². The van der Waals surface area contributed by atoms with Gasteiger partial charge in [-0.2, -0.15) is 0 Å². The Morgan fingerprint density at radius 3 is 2.05 bits per heavy atom. The number of carbonyl (C=O) groups is 2.